The molecule has 114 valence electrons. The molecule has 1 aliphatic carbocycles. The number of carbonyl (C=O) groups excluding carboxylic acids is 1. The molecule has 1 aliphatic heterocycles. The molecule has 2 unspecified atom stereocenters. The number of sulfone groups is 1. The van der Waals surface area contributed by atoms with Crippen LogP contribution in [0.3, 0.4) is 0 Å². The van der Waals surface area contributed by atoms with Crippen LogP contribution in [0.15, 0.2) is 12.2 Å². The van der Waals surface area contributed by atoms with E-state index in [9.17, 15) is 13.2 Å². The van der Waals surface area contributed by atoms with Crippen LogP contribution in [-0.4, -0.2) is 42.3 Å². The van der Waals surface area contributed by atoms with Crippen LogP contribution in [0.2, 0.25) is 0 Å². The molecule has 5 heteroatoms. The van der Waals surface area contributed by atoms with Crippen LogP contribution < -0.4 is 0 Å². The van der Waals surface area contributed by atoms with Gasteiger partial charge in [0, 0.05) is 19.0 Å². The van der Waals surface area contributed by atoms with Gasteiger partial charge in [-0.05, 0) is 46.5 Å². The summed E-state index contributed by atoms with van der Waals surface area (Å²) in [4.78, 5) is 14.2. The minimum atomic E-state index is -3.18. The van der Waals surface area contributed by atoms with Crippen molar-refractivity contribution in [2.45, 2.75) is 56.5 Å². The van der Waals surface area contributed by atoms with E-state index in [1.54, 1.807) is 25.7 Å². The molecular formula is C15H25NO3S. The fraction of sp³-hybridized carbons (Fsp3) is 0.800. The Balaban J connectivity index is 2.02. The average molecular weight is 299 g/mol. The Hall–Kier alpha value is -0.840. The largest absolute Gasteiger partial charge is 0.341 e. The zero-order chi connectivity index (χ0) is 15.0. The van der Waals surface area contributed by atoms with Gasteiger partial charge in [0.25, 0.3) is 0 Å². The summed E-state index contributed by atoms with van der Waals surface area (Å²) < 4.78 is 24.2. The molecule has 0 aromatic heterocycles. The van der Waals surface area contributed by atoms with Gasteiger partial charge < -0.3 is 4.90 Å². The van der Waals surface area contributed by atoms with Crippen molar-refractivity contribution in [2.24, 2.45) is 5.92 Å². The highest BCUT2D eigenvalue weighted by Gasteiger charge is 2.42. The third-order valence-electron chi connectivity index (χ3n) is 4.37. The number of carbonyl (C=O) groups is 1. The van der Waals surface area contributed by atoms with Gasteiger partial charge in [0.05, 0.1) is 10.00 Å². The van der Waals surface area contributed by atoms with Gasteiger partial charge in [-0.2, -0.15) is 0 Å². The SMILES string of the molecule is CC(C)(C)S(=O)(=O)C1CCN(C(=O)C2CC=CCC2)C1. The zero-order valence-electron chi connectivity index (χ0n) is 12.6. The Morgan fingerprint density at radius 1 is 1.20 bits per heavy atom. The summed E-state index contributed by atoms with van der Waals surface area (Å²) in [6.45, 7) is 6.16. The molecule has 1 heterocycles. The first kappa shape index (κ1) is 15.5. The van der Waals surface area contributed by atoms with E-state index >= 15 is 0 Å². The molecule has 2 aliphatic rings. The number of amides is 1. The van der Waals surface area contributed by atoms with E-state index in [0.717, 1.165) is 19.3 Å². The Kier molecular flexibility index (Phi) is 4.28. The van der Waals surface area contributed by atoms with Crippen LogP contribution in [0.1, 0.15) is 46.5 Å². The lowest BCUT2D eigenvalue weighted by Crippen LogP contribution is -2.41. The van der Waals surface area contributed by atoms with Crippen molar-refractivity contribution in [2.75, 3.05) is 13.1 Å². The van der Waals surface area contributed by atoms with Crippen molar-refractivity contribution in [1.29, 1.82) is 0 Å². The minimum Gasteiger partial charge on any atom is -0.341 e. The fourth-order valence-corrected chi connectivity index (χ4v) is 4.75. The van der Waals surface area contributed by atoms with E-state index in [-0.39, 0.29) is 11.8 Å². The van der Waals surface area contributed by atoms with Gasteiger partial charge in [0.15, 0.2) is 9.84 Å². The Bertz CT molecular complexity index is 502. The van der Waals surface area contributed by atoms with Crippen LogP contribution in [0.25, 0.3) is 0 Å². The molecular weight excluding hydrogens is 274 g/mol. The molecule has 0 radical (unpaired) electrons. The summed E-state index contributed by atoms with van der Waals surface area (Å²) in [5, 5.41) is -0.398. The molecule has 0 saturated carbocycles. The molecule has 0 aromatic rings. The molecule has 0 spiro atoms. The van der Waals surface area contributed by atoms with Crippen LogP contribution in [0.4, 0.5) is 0 Å². The van der Waals surface area contributed by atoms with Crippen LogP contribution in [0.5, 0.6) is 0 Å². The van der Waals surface area contributed by atoms with E-state index in [2.05, 4.69) is 12.2 Å². The second kappa shape index (κ2) is 5.51. The highest BCUT2D eigenvalue weighted by Crippen LogP contribution is 2.29. The summed E-state index contributed by atoms with van der Waals surface area (Å²) in [6, 6.07) is 0. The van der Waals surface area contributed by atoms with Gasteiger partial charge in [-0.25, -0.2) is 8.42 Å². The maximum atomic E-state index is 12.4. The quantitative estimate of drug-likeness (QED) is 0.734. The first-order valence-corrected chi connectivity index (χ1v) is 8.95. The molecule has 1 amide bonds. The Labute approximate surface area is 122 Å². The lowest BCUT2D eigenvalue weighted by Gasteiger charge is -2.26. The van der Waals surface area contributed by atoms with Crippen LogP contribution in [0, 0.1) is 5.92 Å². The lowest BCUT2D eigenvalue weighted by molar-refractivity contribution is -0.134. The molecule has 1 saturated heterocycles. The van der Waals surface area contributed by atoms with Crippen LogP contribution in [-0.2, 0) is 14.6 Å². The fourth-order valence-electron chi connectivity index (χ4n) is 2.96. The van der Waals surface area contributed by atoms with Crippen molar-refractivity contribution in [3.05, 3.63) is 12.2 Å². The molecule has 0 N–H and O–H groups in total. The van der Waals surface area contributed by atoms with E-state index in [1.165, 1.54) is 0 Å². The van der Waals surface area contributed by atoms with Crippen molar-refractivity contribution in [3.8, 4) is 0 Å². The zero-order valence-corrected chi connectivity index (χ0v) is 13.4. The van der Waals surface area contributed by atoms with Crippen molar-refractivity contribution < 1.29 is 13.2 Å². The molecule has 20 heavy (non-hydrogen) atoms. The van der Waals surface area contributed by atoms with Crippen molar-refractivity contribution in [1.82, 2.24) is 4.90 Å². The highest BCUT2D eigenvalue weighted by atomic mass is 32.2. The monoisotopic (exact) mass is 299 g/mol. The van der Waals surface area contributed by atoms with Gasteiger partial charge in [-0.15, -0.1) is 0 Å². The predicted molar refractivity (Wildman–Crippen MR) is 80.1 cm³/mol. The number of rotatable bonds is 2. The minimum absolute atomic E-state index is 0.0519. The Morgan fingerprint density at radius 2 is 1.90 bits per heavy atom. The molecule has 0 bridgehead atoms. The molecule has 1 fully saturated rings. The highest BCUT2D eigenvalue weighted by molar-refractivity contribution is 7.93. The van der Waals surface area contributed by atoms with Gasteiger partial charge in [0.2, 0.25) is 5.91 Å². The van der Waals surface area contributed by atoms with E-state index in [1.807, 2.05) is 0 Å². The van der Waals surface area contributed by atoms with Crippen molar-refractivity contribution >= 4 is 15.7 Å². The molecule has 0 aromatic carbocycles. The van der Waals surface area contributed by atoms with Gasteiger partial charge in [-0.1, -0.05) is 12.2 Å². The molecule has 4 nitrogen and oxygen atoms in total. The summed E-state index contributed by atoms with van der Waals surface area (Å²) >= 11 is 0. The van der Waals surface area contributed by atoms with Gasteiger partial charge in [-0.3, -0.25) is 4.79 Å². The summed E-state index contributed by atoms with van der Waals surface area (Å²) in [6.07, 6.45) is 7.39. The molecule has 2 rings (SSSR count). The molecule has 2 atom stereocenters. The summed E-state index contributed by atoms with van der Waals surface area (Å²) in [5.41, 5.74) is 0. The smallest absolute Gasteiger partial charge is 0.226 e. The number of hydrogen-bond donors (Lipinski definition) is 0. The van der Waals surface area contributed by atoms with E-state index in [4.69, 9.17) is 0 Å². The first-order valence-electron chi connectivity index (χ1n) is 7.40. The lowest BCUT2D eigenvalue weighted by atomic mass is 9.93. The second-order valence-corrected chi connectivity index (χ2v) is 9.82. The normalized spacial score (nSPS) is 27.9. The van der Waals surface area contributed by atoms with Crippen LogP contribution >= 0.6 is 0 Å². The predicted octanol–water partition coefficient (Wildman–Crippen LogP) is 2.16. The topological polar surface area (TPSA) is 54.5 Å². The van der Waals surface area contributed by atoms with E-state index in [0.29, 0.717) is 19.5 Å². The average Bonchev–Trinajstić information content (AvgIpc) is 2.87. The number of nitrogens with zero attached hydrogens (tertiary/aromatic N) is 1. The number of likely N-dealkylation sites (tertiary alicyclic amines) is 1. The third-order valence-corrected chi connectivity index (χ3v) is 7.34. The third kappa shape index (κ3) is 2.92. The maximum Gasteiger partial charge on any atom is 0.226 e. The number of hydrogen-bond acceptors (Lipinski definition) is 3. The van der Waals surface area contributed by atoms with E-state index < -0.39 is 19.8 Å². The summed E-state index contributed by atoms with van der Waals surface area (Å²) in [5.74, 6) is 0.192. The maximum absolute atomic E-state index is 12.4. The van der Waals surface area contributed by atoms with Gasteiger partial charge >= 0.3 is 0 Å². The second-order valence-electron chi connectivity index (χ2n) is 6.83. The summed E-state index contributed by atoms with van der Waals surface area (Å²) in [7, 11) is -3.18. The first-order chi connectivity index (χ1) is 9.23. The van der Waals surface area contributed by atoms with Gasteiger partial charge in [0.1, 0.15) is 0 Å². The standard InChI is InChI=1S/C15H25NO3S/c1-15(2,3)20(18,19)13-9-10-16(11-13)14(17)12-7-5-4-6-8-12/h4-5,12-13H,6-11H2,1-3H3. The van der Waals surface area contributed by atoms with Crippen molar-refractivity contribution in [3.63, 3.8) is 0 Å². The Morgan fingerprint density at radius 3 is 2.45 bits per heavy atom. The number of allylic oxidation sites excluding steroid dienone is 2.